The fraction of sp³-hybridized carbons (Fsp3) is 0. The Balaban J connectivity index is 0.000000191. The van der Waals surface area contributed by atoms with Gasteiger partial charge in [-0.2, -0.15) is 16.8 Å². The lowest BCUT2D eigenvalue weighted by Crippen LogP contribution is -1.99. The first-order chi connectivity index (χ1) is 16.1. The van der Waals surface area contributed by atoms with Gasteiger partial charge in [-0.15, -0.1) is 0 Å². The van der Waals surface area contributed by atoms with E-state index >= 15 is 0 Å². The van der Waals surface area contributed by atoms with E-state index < -0.39 is 20.2 Å². The van der Waals surface area contributed by atoms with Crippen molar-refractivity contribution in [3.05, 3.63) is 109 Å². The predicted molar refractivity (Wildman–Crippen MR) is 132 cm³/mol. The minimum Gasteiger partial charge on any atom is -0.356 e. The van der Waals surface area contributed by atoms with Crippen LogP contribution in [-0.4, -0.2) is 25.9 Å². The van der Waals surface area contributed by atoms with Crippen LogP contribution in [0.5, 0.6) is 0 Å². The second kappa shape index (κ2) is 10.9. The predicted octanol–water partition coefficient (Wildman–Crippen LogP) is 5.35. The summed E-state index contributed by atoms with van der Waals surface area (Å²) >= 11 is 0. The van der Waals surface area contributed by atoms with Crippen molar-refractivity contribution < 1.29 is 25.9 Å². The molecule has 0 heterocycles. The minimum absolute atomic E-state index is 0.115. The number of para-hydroxylation sites is 2. The molecular weight excluding hydrogens is 476 g/mol. The van der Waals surface area contributed by atoms with Gasteiger partial charge in [0.05, 0.1) is 9.79 Å². The molecule has 4 N–H and O–H groups in total. The summed E-state index contributed by atoms with van der Waals surface area (Å²) < 4.78 is 61.4. The third-order valence-electron chi connectivity index (χ3n) is 4.41. The first-order valence-corrected chi connectivity index (χ1v) is 12.8. The fourth-order valence-corrected chi connectivity index (χ4v) is 3.83. The Hall–Kier alpha value is -3.70. The van der Waals surface area contributed by atoms with Gasteiger partial charge in [-0.05, 0) is 66.7 Å². The van der Waals surface area contributed by atoms with Crippen LogP contribution in [0.2, 0.25) is 0 Å². The van der Waals surface area contributed by atoms with Crippen molar-refractivity contribution in [2.75, 3.05) is 10.6 Å². The molecule has 0 aliphatic heterocycles. The molecule has 0 aliphatic carbocycles. The van der Waals surface area contributed by atoms with Gasteiger partial charge in [-0.1, -0.05) is 42.5 Å². The van der Waals surface area contributed by atoms with Crippen LogP contribution in [0.1, 0.15) is 0 Å². The van der Waals surface area contributed by atoms with Crippen molar-refractivity contribution in [2.45, 2.75) is 9.79 Å². The van der Waals surface area contributed by atoms with Crippen LogP contribution in [0.4, 0.5) is 22.7 Å². The van der Waals surface area contributed by atoms with E-state index in [2.05, 4.69) is 10.6 Å². The third kappa shape index (κ3) is 7.71. The van der Waals surface area contributed by atoms with Crippen LogP contribution < -0.4 is 10.6 Å². The quantitative estimate of drug-likeness (QED) is 0.261. The third-order valence-corrected chi connectivity index (χ3v) is 6.13. The zero-order valence-corrected chi connectivity index (χ0v) is 19.4. The number of hydrogen-bond acceptors (Lipinski definition) is 6. The molecule has 8 nitrogen and oxygen atoms in total. The summed E-state index contributed by atoms with van der Waals surface area (Å²) in [5.41, 5.74) is 3.11. The SMILES string of the molecule is O=S(=O)(O)c1ccc(Nc2ccccc2)cc1.O=S(=O)(O)c1cccc(Nc2ccccc2)c1. The molecular formula is C24H22N2O6S2. The highest BCUT2D eigenvalue weighted by Crippen LogP contribution is 2.20. The van der Waals surface area contributed by atoms with E-state index in [9.17, 15) is 16.8 Å². The van der Waals surface area contributed by atoms with Crippen molar-refractivity contribution in [3.8, 4) is 0 Å². The number of anilines is 4. The van der Waals surface area contributed by atoms with E-state index in [1.807, 2.05) is 60.7 Å². The molecule has 4 rings (SSSR count). The van der Waals surface area contributed by atoms with Gasteiger partial charge < -0.3 is 10.6 Å². The summed E-state index contributed by atoms with van der Waals surface area (Å²) in [7, 11) is -8.28. The van der Waals surface area contributed by atoms with Gasteiger partial charge in [-0.25, -0.2) is 0 Å². The van der Waals surface area contributed by atoms with Crippen molar-refractivity contribution in [1.82, 2.24) is 0 Å². The highest BCUT2D eigenvalue weighted by Gasteiger charge is 2.09. The van der Waals surface area contributed by atoms with Gasteiger partial charge in [0.15, 0.2) is 0 Å². The second-order valence-electron chi connectivity index (χ2n) is 6.98. The molecule has 4 aromatic carbocycles. The standard InChI is InChI=1S/2C12H11NO3S/c14-17(15,16)12-8-4-7-11(9-12)13-10-5-2-1-3-6-10;14-17(15,16)12-8-6-11(7-9-12)13-10-4-2-1-3-5-10/h2*1-9,13H,(H,14,15,16). The van der Waals surface area contributed by atoms with Gasteiger partial charge in [0, 0.05) is 22.7 Å². The maximum Gasteiger partial charge on any atom is 0.294 e. The lowest BCUT2D eigenvalue weighted by molar-refractivity contribution is 0.481. The molecule has 0 spiro atoms. The van der Waals surface area contributed by atoms with Crippen molar-refractivity contribution >= 4 is 43.0 Å². The average Bonchev–Trinajstić information content (AvgIpc) is 2.80. The maximum absolute atomic E-state index is 11.0. The summed E-state index contributed by atoms with van der Waals surface area (Å²) in [6.45, 7) is 0. The molecule has 10 heteroatoms. The molecule has 0 radical (unpaired) electrons. The first-order valence-electron chi connectivity index (χ1n) is 9.90. The van der Waals surface area contributed by atoms with Crippen LogP contribution >= 0.6 is 0 Å². The smallest absolute Gasteiger partial charge is 0.294 e. The number of nitrogens with one attached hydrogen (secondary N) is 2. The molecule has 0 fully saturated rings. The molecule has 176 valence electrons. The van der Waals surface area contributed by atoms with Gasteiger partial charge in [0.2, 0.25) is 0 Å². The molecule has 4 aromatic rings. The molecule has 0 saturated carbocycles. The minimum atomic E-state index is -4.16. The topological polar surface area (TPSA) is 133 Å². The van der Waals surface area contributed by atoms with Gasteiger partial charge in [0.1, 0.15) is 0 Å². The Bertz CT molecular complexity index is 1430. The fourth-order valence-electron chi connectivity index (χ4n) is 2.82. The molecule has 0 amide bonds. The molecule has 0 unspecified atom stereocenters. The zero-order chi connectivity index (χ0) is 24.6. The Morgan fingerprint density at radius 3 is 1.32 bits per heavy atom. The summed E-state index contributed by atoms with van der Waals surface area (Å²) in [4.78, 5) is -0.241. The molecule has 0 aromatic heterocycles. The summed E-state index contributed by atoms with van der Waals surface area (Å²) in [6, 6.07) is 30.7. The highest BCUT2D eigenvalue weighted by atomic mass is 32.2. The van der Waals surface area contributed by atoms with E-state index in [0.717, 1.165) is 17.1 Å². The van der Waals surface area contributed by atoms with Gasteiger partial charge >= 0.3 is 0 Å². The summed E-state index contributed by atoms with van der Waals surface area (Å²) in [6.07, 6.45) is 0. The summed E-state index contributed by atoms with van der Waals surface area (Å²) in [5, 5.41) is 6.15. The van der Waals surface area contributed by atoms with Crippen LogP contribution in [-0.2, 0) is 20.2 Å². The first kappa shape index (κ1) is 24.9. The van der Waals surface area contributed by atoms with Crippen molar-refractivity contribution in [3.63, 3.8) is 0 Å². The Morgan fingerprint density at radius 2 is 0.853 bits per heavy atom. The molecule has 0 aliphatic rings. The number of rotatable bonds is 6. The highest BCUT2D eigenvalue weighted by molar-refractivity contribution is 7.86. The number of benzene rings is 4. The van der Waals surface area contributed by atoms with E-state index in [-0.39, 0.29) is 9.79 Å². The van der Waals surface area contributed by atoms with E-state index in [4.69, 9.17) is 9.11 Å². The molecule has 0 atom stereocenters. The van der Waals surface area contributed by atoms with Gasteiger partial charge in [-0.3, -0.25) is 9.11 Å². The lowest BCUT2D eigenvalue weighted by Gasteiger charge is -2.06. The monoisotopic (exact) mass is 498 g/mol. The second-order valence-corrected chi connectivity index (χ2v) is 9.83. The Kier molecular flexibility index (Phi) is 8.03. The molecule has 0 saturated heterocycles. The largest absolute Gasteiger partial charge is 0.356 e. The van der Waals surface area contributed by atoms with E-state index in [1.165, 1.54) is 24.3 Å². The average molecular weight is 499 g/mol. The van der Waals surface area contributed by atoms with Crippen molar-refractivity contribution in [2.24, 2.45) is 0 Å². The lowest BCUT2D eigenvalue weighted by atomic mass is 10.3. The summed E-state index contributed by atoms with van der Waals surface area (Å²) in [5.74, 6) is 0. The molecule has 0 bridgehead atoms. The van der Waals surface area contributed by atoms with Gasteiger partial charge in [0.25, 0.3) is 20.2 Å². The Morgan fingerprint density at radius 1 is 0.441 bits per heavy atom. The van der Waals surface area contributed by atoms with Crippen molar-refractivity contribution in [1.29, 1.82) is 0 Å². The van der Waals surface area contributed by atoms with Crippen LogP contribution in [0, 0.1) is 0 Å². The van der Waals surface area contributed by atoms with E-state index in [0.29, 0.717) is 5.69 Å². The zero-order valence-electron chi connectivity index (χ0n) is 17.7. The Labute approximate surface area is 198 Å². The number of hydrogen-bond donors (Lipinski definition) is 4. The maximum atomic E-state index is 11.0. The molecule has 34 heavy (non-hydrogen) atoms. The van der Waals surface area contributed by atoms with Crippen LogP contribution in [0.15, 0.2) is 119 Å². The van der Waals surface area contributed by atoms with Crippen LogP contribution in [0.3, 0.4) is 0 Å². The van der Waals surface area contributed by atoms with E-state index in [1.54, 1.807) is 24.3 Å². The van der Waals surface area contributed by atoms with Crippen LogP contribution in [0.25, 0.3) is 0 Å². The normalized spacial score (nSPS) is 11.1.